The van der Waals surface area contributed by atoms with Crippen molar-refractivity contribution in [2.75, 3.05) is 11.9 Å². The van der Waals surface area contributed by atoms with E-state index in [9.17, 15) is 8.78 Å². The zero-order valence-electron chi connectivity index (χ0n) is 13.7. The van der Waals surface area contributed by atoms with Crippen molar-refractivity contribution in [3.63, 3.8) is 0 Å². The molecule has 0 unspecified atom stereocenters. The highest BCUT2D eigenvalue weighted by atomic mass is 35.5. The summed E-state index contributed by atoms with van der Waals surface area (Å²) in [4.78, 5) is 8.48. The summed E-state index contributed by atoms with van der Waals surface area (Å²) in [6.07, 6.45) is 1.32. The maximum Gasteiger partial charge on any atom is 0.248 e. The third kappa shape index (κ3) is 3.58. The van der Waals surface area contributed by atoms with Gasteiger partial charge in [-0.1, -0.05) is 6.07 Å². The van der Waals surface area contributed by atoms with Gasteiger partial charge in [-0.2, -0.15) is 0 Å². The van der Waals surface area contributed by atoms with Crippen molar-refractivity contribution in [1.29, 1.82) is 0 Å². The summed E-state index contributed by atoms with van der Waals surface area (Å²) in [6.45, 7) is 0.670. The summed E-state index contributed by atoms with van der Waals surface area (Å²) < 4.78 is 37.0. The van der Waals surface area contributed by atoms with Crippen molar-refractivity contribution in [1.82, 2.24) is 9.97 Å². The van der Waals surface area contributed by atoms with Crippen LogP contribution >= 0.6 is 11.6 Å². The number of rotatable bonds is 6. The SMILES string of the molecule is FC1(F)CC(COc2cccc3c(NCc4ccco4)nc(Cl)nc23)C1. The molecule has 0 amide bonds. The minimum absolute atomic E-state index is 0.0747. The van der Waals surface area contributed by atoms with E-state index >= 15 is 0 Å². The fraction of sp³-hybridized carbons (Fsp3) is 0.333. The molecule has 1 N–H and O–H groups in total. The van der Waals surface area contributed by atoms with Crippen molar-refractivity contribution in [3.8, 4) is 5.75 Å². The first-order valence-electron chi connectivity index (χ1n) is 8.23. The average molecular weight is 380 g/mol. The van der Waals surface area contributed by atoms with Crippen LogP contribution in [0.5, 0.6) is 5.75 Å². The molecule has 1 fully saturated rings. The molecule has 26 heavy (non-hydrogen) atoms. The lowest BCUT2D eigenvalue weighted by molar-refractivity contribution is -0.118. The second-order valence-corrected chi connectivity index (χ2v) is 6.71. The first kappa shape index (κ1) is 17.0. The predicted molar refractivity (Wildman–Crippen MR) is 93.7 cm³/mol. The maximum absolute atomic E-state index is 13.0. The number of benzene rings is 1. The van der Waals surface area contributed by atoms with Crippen LogP contribution in [-0.2, 0) is 6.54 Å². The van der Waals surface area contributed by atoms with Crippen LogP contribution in [0.2, 0.25) is 5.28 Å². The second kappa shape index (κ2) is 6.72. The van der Waals surface area contributed by atoms with Gasteiger partial charge in [0.2, 0.25) is 11.2 Å². The highest BCUT2D eigenvalue weighted by molar-refractivity contribution is 6.29. The third-order valence-electron chi connectivity index (χ3n) is 4.32. The van der Waals surface area contributed by atoms with Crippen molar-refractivity contribution < 1.29 is 17.9 Å². The van der Waals surface area contributed by atoms with Crippen molar-refractivity contribution in [2.45, 2.75) is 25.3 Å². The van der Waals surface area contributed by atoms with Crippen molar-refractivity contribution >= 4 is 28.3 Å². The molecule has 2 heterocycles. The normalized spacial score (nSPS) is 16.4. The maximum atomic E-state index is 13.0. The summed E-state index contributed by atoms with van der Waals surface area (Å²) in [5, 5.41) is 3.98. The van der Waals surface area contributed by atoms with Gasteiger partial charge in [-0.25, -0.2) is 18.7 Å². The van der Waals surface area contributed by atoms with Gasteiger partial charge in [0.15, 0.2) is 0 Å². The number of aromatic nitrogens is 2. The Kier molecular flexibility index (Phi) is 4.40. The van der Waals surface area contributed by atoms with Gasteiger partial charge in [-0.15, -0.1) is 0 Å². The molecule has 0 spiro atoms. The largest absolute Gasteiger partial charge is 0.491 e. The van der Waals surface area contributed by atoms with Gasteiger partial charge >= 0.3 is 0 Å². The molecule has 136 valence electrons. The van der Waals surface area contributed by atoms with Crippen molar-refractivity contribution in [2.24, 2.45) is 5.92 Å². The Morgan fingerprint density at radius 2 is 2.08 bits per heavy atom. The van der Waals surface area contributed by atoms with Gasteiger partial charge in [0.1, 0.15) is 22.8 Å². The van der Waals surface area contributed by atoms with Crippen LogP contribution in [0.3, 0.4) is 0 Å². The molecule has 4 rings (SSSR count). The summed E-state index contributed by atoms with van der Waals surface area (Å²) >= 11 is 6.05. The van der Waals surface area contributed by atoms with Crippen LogP contribution in [0.4, 0.5) is 14.6 Å². The molecule has 0 aliphatic heterocycles. The molecule has 1 aliphatic rings. The Morgan fingerprint density at radius 3 is 2.81 bits per heavy atom. The van der Waals surface area contributed by atoms with E-state index in [-0.39, 0.29) is 30.7 Å². The zero-order valence-corrected chi connectivity index (χ0v) is 14.5. The molecule has 3 aromatic rings. The van der Waals surface area contributed by atoms with E-state index in [1.807, 2.05) is 18.2 Å². The number of hydrogen-bond acceptors (Lipinski definition) is 5. The van der Waals surface area contributed by atoms with Crippen LogP contribution < -0.4 is 10.1 Å². The van der Waals surface area contributed by atoms with Crippen molar-refractivity contribution in [3.05, 3.63) is 47.6 Å². The quantitative estimate of drug-likeness (QED) is 0.616. The molecule has 0 radical (unpaired) electrons. The molecule has 1 saturated carbocycles. The zero-order chi connectivity index (χ0) is 18.1. The molecule has 0 saturated heterocycles. The third-order valence-corrected chi connectivity index (χ3v) is 4.49. The molecule has 2 aromatic heterocycles. The Labute approximate surface area is 153 Å². The predicted octanol–water partition coefficient (Wildman–Crippen LogP) is 4.91. The second-order valence-electron chi connectivity index (χ2n) is 6.37. The lowest BCUT2D eigenvalue weighted by Gasteiger charge is -2.34. The summed E-state index contributed by atoms with van der Waals surface area (Å²) in [7, 11) is 0. The molecule has 0 bridgehead atoms. The van der Waals surface area contributed by atoms with E-state index in [1.54, 1.807) is 18.4 Å². The van der Waals surface area contributed by atoms with E-state index in [0.717, 1.165) is 11.1 Å². The molecular formula is C18H16ClF2N3O2. The highest BCUT2D eigenvalue weighted by Crippen LogP contribution is 2.42. The number of hydrogen-bond donors (Lipinski definition) is 1. The molecular weight excluding hydrogens is 364 g/mol. The lowest BCUT2D eigenvalue weighted by Crippen LogP contribution is -2.38. The minimum atomic E-state index is -2.55. The standard InChI is InChI=1S/C18H16ClF2N3O2/c19-17-23-15-13(16(24-17)22-9-12-3-2-6-25-12)4-1-5-14(15)26-10-11-7-18(20,21)8-11/h1-6,11H,7-10H2,(H,22,23,24). The average Bonchev–Trinajstić information content (AvgIpc) is 3.09. The van der Waals surface area contributed by atoms with E-state index in [2.05, 4.69) is 15.3 Å². The van der Waals surface area contributed by atoms with Crippen LogP contribution in [0.15, 0.2) is 41.0 Å². The number of anilines is 1. The van der Waals surface area contributed by atoms with Crippen LogP contribution in [0, 0.1) is 5.92 Å². The number of nitrogens with one attached hydrogen (secondary N) is 1. The van der Waals surface area contributed by atoms with Gasteiger partial charge in [0.25, 0.3) is 0 Å². The van der Waals surface area contributed by atoms with Gasteiger partial charge in [-0.05, 0) is 35.9 Å². The summed E-state index contributed by atoms with van der Waals surface area (Å²) in [5.41, 5.74) is 0.542. The number of furan rings is 1. The number of nitrogens with zero attached hydrogens (tertiary/aromatic N) is 2. The summed E-state index contributed by atoms with van der Waals surface area (Å²) in [6, 6.07) is 9.06. The molecule has 5 nitrogen and oxygen atoms in total. The van der Waals surface area contributed by atoms with Crippen LogP contribution in [0.1, 0.15) is 18.6 Å². The molecule has 1 aliphatic carbocycles. The lowest BCUT2D eigenvalue weighted by atomic mass is 9.82. The van der Waals surface area contributed by atoms with E-state index in [1.165, 1.54) is 0 Å². The first-order valence-corrected chi connectivity index (χ1v) is 8.61. The van der Waals surface area contributed by atoms with Gasteiger partial charge < -0.3 is 14.5 Å². The van der Waals surface area contributed by atoms with Gasteiger partial charge in [0, 0.05) is 24.1 Å². The Morgan fingerprint density at radius 1 is 1.23 bits per heavy atom. The topological polar surface area (TPSA) is 60.2 Å². The fourth-order valence-corrected chi connectivity index (χ4v) is 3.21. The van der Waals surface area contributed by atoms with Crippen LogP contribution in [0.25, 0.3) is 10.9 Å². The fourth-order valence-electron chi connectivity index (χ4n) is 3.04. The van der Waals surface area contributed by atoms with E-state index in [4.69, 9.17) is 20.8 Å². The van der Waals surface area contributed by atoms with Gasteiger partial charge in [-0.3, -0.25) is 0 Å². The summed E-state index contributed by atoms with van der Waals surface area (Å²) in [5.74, 6) is -0.887. The Hall–Kier alpha value is -2.41. The van der Waals surface area contributed by atoms with Gasteiger partial charge in [0.05, 0.1) is 19.4 Å². The Bertz CT molecular complexity index is 910. The number of fused-ring (bicyclic) bond motifs is 1. The smallest absolute Gasteiger partial charge is 0.248 e. The first-order chi connectivity index (χ1) is 12.5. The highest BCUT2D eigenvalue weighted by Gasteiger charge is 2.45. The molecule has 8 heteroatoms. The number of para-hydroxylation sites is 1. The molecule has 0 atom stereocenters. The van der Waals surface area contributed by atoms with Crippen LogP contribution in [-0.4, -0.2) is 22.5 Å². The monoisotopic (exact) mass is 379 g/mol. The minimum Gasteiger partial charge on any atom is -0.491 e. The Balaban J connectivity index is 1.55. The molecule has 1 aromatic carbocycles. The number of halogens is 3. The van der Waals surface area contributed by atoms with E-state index in [0.29, 0.717) is 23.6 Å². The number of alkyl halides is 2. The number of ether oxygens (including phenoxy) is 1. The van der Waals surface area contributed by atoms with E-state index < -0.39 is 5.92 Å².